The number of hydrogen-bond donors (Lipinski definition) is 2. The fraction of sp³-hybridized carbons (Fsp3) is 0.636. The van der Waals surface area contributed by atoms with E-state index in [2.05, 4.69) is 33.0 Å². The van der Waals surface area contributed by atoms with Crippen LogP contribution < -0.4 is 5.32 Å². The monoisotopic (exact) mass is 213 g/mol. The van der Waals surface area contributed by atoms with Gasteiger partial charge in [-0.3, -0.25) is 0 Å². The molecule has 0 aliphatic rings. The highest BCUT2D eigenvalue weighted by molar-refractivity contribution is 7.12. The largest absolute Gasteiger partial charge is 0.386 e. The second-order valence-corrected chi connectivity index (χ2v) is 5.91. The molecule has 14 heavy (non-hydrogen) atoms. The van der Waals surface area contributed by atoms with Crippen molar-refractivity contribution in [1.29, 1.82) is 0 Å². The molecular weight excluding hydrogens is 194 g/mol. The Hall–Kier alpha value is -0.380. The Bertz CT molecular complexity index is 288. The van der Waals surface area contributed by atoms with Gasteiger partial charge in [-0.05, 0) is 39.8 Å². The Kier molecular flexibility index (Phi) is 3.70. The van der Waals surface area contributed by atoms with Crippen molar-refractivity contribution in [3.8, 4) is 0 Å². The summed E-state index contributed by atoms with van der Waals surface area (Å²) in [5.74, 6) is 0. The first-order valence-corrected chi connectivity index (χ1v) is 5.69. The van der Waals surface area contributed by atoms with Gasteiger partial charge in [0.2, 0.25) is 0 Å². The normalized spacial score (nSPS) is 14.4. The van der Waals surface area contributed by atoms with E-state index in [4.69, 9.17) is 0 Å². The van der Waals surface area contributed by atoms with Gasteiger partial charge in [-0.1, -0.05) is 0 Å². The van der Waals surface area contributed by atoms with E-state index in [-0.39, 0.29) is 11.6 Å². The van der Waals surface area contributed by atoms with Crippen molar-refractivity contribution < 1.29 is 5.11 Å². The molecule has 0 aliphatic heterocycles. The molecular formula is C11H19NOS. The van der Waals surface area contributed by atoms with Crippen LogP contribution in [0.1, 0.15) is 36.6 Å². The third kappa shape index (κ3) is 3.78. The third-order valence-corrected chi connectivity index (χ3v) is 3.02. The second kappa shape index (κ2) is 4.43. The molecule has 0 saturated heterocycles. The molecule has 3 heteroatoms. The van der Waals surface area contributed by atoms with Gasteiger partial charge < -0.3 is 10.4 Å². The van der Waals surface area contributed by atoms with Gasteiger partial charge in [-0.2, -0.15) is 0 Å². The quantitative estimate of drug-likeness (QED) is 0.808. The van der Waals surface area contributed by atoms with Crippen molar-refractivity contribution in [1.82, 2.24) is 5.32 Å². The van der Waals surface area contributed by atoms with E-state index >= 15 is 0 Å². The number of aryl methyl sites for hydroxylation is 1. The molecule has 0 spiro atoms. The van der Waals surface area contributed by atoms with Gasteiger partial charge in [-0.25, -0.2) is 0 Å². The lowest BCUT2D eigenvalue weighted by Crippen LogP contribution is -2.38. The van der Waals surface area contributed by atoms with Crippen molar-refractivity contribution in [2.75, 3.05) is 6.54 Å². The van der Waals surface area contributed by atoms with Gasteiger partial charge in [0, 0.05) is 21.8 Å². The number of aliphatic hydroxyl groups excluding tert-OH is 1. The lowest BCUT2D eigenvalue weighted by atomic mass is 10.1. The third-order valence-electron chi connectivity index (χ3n) is 1.92. The Morgan fingerprint density at radius 3 is 2.50 bits per heavy atom. The average molecular weight is 213 g/mol. The van der Waals surface area contributed by atoms with Gasteiger partial charge in [0.05, 0.1) is 0 Å². The van der Waals surface area contributed by atoms with Crippen LogP contribution in [0.2, 0.25) is 0 Å². The fourth-order valence-electron chi connectivity index (χ4n) is 1.14. The summed E-state index contributed by atoms with van der Waals surface area (Å²) >= 11 is 1.66. The number of β-amino-alcohol motifs (C(OH)–C–C–N with tert-alkyl or cyclic N) is 1. The first kappa shape index (κ1) is 11.7. The van der Waals surface area contributed by atoms with Crippen molar-refractivity contribution in [2.24, 2.45) is 0 Å². The minimum Gasteiger partial charge on any atom is -0.386 e. The number of aliphatic hydroxyl groups is 1. The van der Waals surface area contributed by atoms with E-state index in [0.717, 1.165) is 4.88 Å². The van der Waals surface area contributed by atoms with Crippen LogP contribution in [0.5, 0.6) is 0 Å². The summed E-state index contributed by atoms with van der Waals surface area (Å²) in [6.07, 6.45) is -0.382. The highest BCUT2D eigenvalue weighted by Crippen LogP contribution is 2.22. The summed E-state index contributed by atoms with van der Waals surface area (Å²) < 4.78 is 0. The Balaban J connectivity index is 2.47. The molecule has 80 valence electrons. The van der Waals surface area contributed by atoms with Crippen LogP contribution in [0.3, 0.4) is 0 Å². The van der Waals surface area contributed by atoms with Crippen LogP contribution in [0, 0.1) is 6.92 Å². The summed E-state index contributed by atoms with van der Waals surface area (Å²) in [7, 11) is 0. The van der Waals surface area contributed by atoms with Crippen molar-refractivity contribution in [3.63, 3.8) is 0 Å². The van der Waals surface area contributed by atoms with E-state index in [1.807, 2.05) is 12.1 Å². The zero-order valence-electron chi connectivity index (χ0n) is 9.29. The first-order chi connectivity index (χ1) is 6.38. The van der Waals surface area contributed by atoms with E-state index in [0.29, 0.717) is 6.54 Å². The van der Waals surface area contributed by atoms with E-state index in [9.17, 15) is 5.11 Å². The molecule has 1 aromatic heterocycles. The molecule has 0 radical (unpaired) electrons. The molecule has 0 aliphatic carbocycles. The maximum Gasteiger partial charge on any atom is 0.101 e. The molecule has 2 N–H and O–H groups in total. The zero-order valence-corrected chi connectivity index (χ0v) is 10.1. The predicted molar refractivity (Wildman–Crippen MR) is 61.8 cm³/mol. The summed E-state index contributed by atoms with van der Waals surface area (Å²) in [5, 5.41) is 13.1. The van der Waals surface area contributed by atoms with E-state index < -0.39 is 0 Å². The standard InChI is InChI=1S/C11H19NOS/c1-8-5-6-10(14-8)9(13)7-12-11(2,3)4/h5-6,9,12-13H,7H2,1-4H3. The van der Waals surface area contributed by atoms with E-state index in [1.165, 1.54) is 4.88 Å². The SMILES string of the molecule is Cc1ccc(C(O)CNC(C)(C)C)s1. The summed E-state index contributed by atoms with van der Waals surface area (Å²) in [6.45, 7) is 8.96. The van der Waals surface area contributed by atoms with Crippen molar-refractivity contribution in [3.05, 3.63) is 21.9 Å². The van der Waals surface area contributed by atoms with Crippen LogP contribution in [0.4, 0.5) is 0 Å². The lowest BCUT2D eigenvalue weighted by Gasteiger charge is -2.22. The maximum atomic E-state index is 9.85. The number of hydrogen-bond acceptors (Lipinski definition) is 3. The summed E-state index contributed by atoms with van der Waals surface area (Å²) in [5.41, 5.74) is 0.0628. The van der Waals surface area contributed by atoms with Gasteiger partial charge in [0.15, 0.2) is 0 Å². The van der Waals surface area contributed by atoms with Crippen LogP contribution in [0.15, 0.2) is 12.1 Å². The van der Waals surface area contributed by atoms with Gasteiger partial charge in [0.1, 0.15) is 6.10 Å². The van der Waals surface area contributed by atoms with Crippen molar-refractivity contribution in [2.45, 2.75) is 39.3 Å². The molecule has 1 atom stereocenters. The highest BCUT2D eigenvalue weighted by Gasteiger charge is 2.14. The average Bonchev–Trinajstić information content (AvgIpc) is 2.46. The Morgan fingerprint density at radius 1 is 1.43 bits per heavy atom. The number of nitrogens with one attached hydrogen (secondary N) is 1. The van der Waals surface area contributed by atoms with E-state index in [1.54, 1.807) is 11.3 Å². The van der Waals surface area contributed by atoms with Crippen LogP contribution in [-0.2, 0) is 0 Å². The summed E-state index contributed by atoms with van der Waals surface area (Å²) in [6, 6.07) is 4.04. The van der Waals surface area contributed by atoms with Gasteiger partial charge in [-0.15, -0.1) is 11.3 Å². The summed E-state index contributed by atoms with van der Waals surface area (Å²) in [4.78, 5) is 2.29. The van der Waals surface area contributed by atoms with Crippen LogP contribution in [0.25, 0.3) is 0 Å². The van der Waals surface area contributed by atoms with Crippen LogP contribution >= 0.6 is 11.3 Å². The topological polar surface area (TPSA) is 32.3 Å². The molecule has 1 unspecified atom stereocenters. The predicted octanol–water partition coefficient (Wildman–Crippen LogP) is 2.48. The minimum atomic E-state index is -0.382. The Labute approximate surface area is 90.0 Å². The first-order valence-electron chi connectivity index (χ1n) is 4.88. The molecule has 0 bridgehead atoms. The van der Waals surface area contributed by atoms with Crippen molar-refractivity contribution >= 4 is 11.3 Å². The smallest absolute Gasteiger partial charge is 0.101 e. The van der Waals surface area contributed by atoms with Crippen LogP contribution in [-0.4, -0.2) is 17.2 Å². The molecule has 2 nitrogen and oxygen atoms in total. The molecule has 0 amide bonds. The molecule has 1 heterocycles. The molecule has 0 aromatic carbocycles. The fourth-order valence-corrected chi connectivity index (χ4v) is 2.00. The maximum absolute atomic E-state index is 9.85. The molecule has 1 aromatic rings. The molecule has 0 fully saturated rings. The Morgan fingerprint density at radius 2 is 2.07 bits per heavy atom. The lowest BCUT2D eigenvalue weighted by molar-refractivity contribution is 0.167. The second-order valence-electron chi connectivity index (χ2n) is 4.60. The van der Waals surface area contributed by atoms with Gasteiger partial charge >= 0.3 is 0 Å². The molecule has 1 rings (SSSR count). The minimum absolute atomic E-state index is 0.0628. The van der Waals surface area contributed by atoms with Gasteiger partial charge in [0.25, 0.3) is 0 Å². The number of rotatable bonds is 3. The number of thiophene rings is 1. The zero-order chi connectivity index (χ0) is 10.8. The molecule has 0 saturated carbocycles. The highest BCUT2D eigenvalue weighted by atomic mass is 32.1.